The first kappa shape index (κ1) is 18.1. The number of hydrogen-bond acceptors (Lipinski definition) is 4. The Hall–Kier alpha value is -1.74. The normalized spacial score (nSPS) is 16.5. The lowest BCUT2D eigenvalue weighted by Crippen LogP contribution is -2.28. The molecule has 0 aromatic heterocycles. The van der Waals surface area contributed by atoms with Gasteiger partial charge in [0.25, 0.3) is 0 Å². The molecule has 25 heavy (non-hydrogen) atoms. The molecule has 2 aromatic rings. The van der Waals surface area contributed by atoms with Crippen LogP contribution in [0.3, 0.4) is 0 Å². The third kappa shape index (κ3) is 4.46. The van der Waals surface area contributed by atoms with Gasteiger partial charge in [0.15, 0.2) is 0 Å². The molecule has 134 valence electrons. The highest BCUT2D eigenvalue weighted by Gasteiger charge is 2.29. The van der Waals surface area contributed by atoms with Gasteiger partial charge in [-0.1, -0.05) is 36.4 Å². The molecular formula is C17H20N2O4S2. The number of benzene rings is 2. The van der Waals surface area contributed by atoms with Gasteiger partial charge >= 0.3 is 0 Å². The Bertz CT molecular complexity index is 953. The van der Waals surface area contributed by atoms with Crippen molar-refractivity contribution < 1.29 is 16.8 Å². The molecule has 0 aliphatic heterocycles. The van der Waals surface area contributed by atoms with Crippen LogP contribution in [-0.2, 0) is 20.0 Å². The van der Waals surface area contributed by atoms with Gasteiger partial charge in [0.1, 0.15) is 0 Å². The van der Waals surface area contributed by atoms with E-state index in [9.17, 15) is 16.8 Å². The van der Waals surface area contributed by atoms with Crippen LogP contribution >= 0.6 is 0 Å². The Morgan fingerprint density at radius 1 is 0.880 bits per heavy atom. The molecule has 8 heteroatoms. The van der Waals surface area contributed by atoms with Crippen LogP contribution in [-0.4, -0.2) is 22.9 Å². The van der Waals surface area contributed by atoms with Crippen LogP contribution < -0.4 is 9.44 Å². The highest BCUT2D eigenvalue weighted by atomic mass is 32.2. The summed E-state index contributed by atoms with van der Waals surface area (Å²) in [5, 5.41) is 0. The minimum atomic E-state index is -3.85. The summed E-state index contributed by atoms with van der Waals surface area (Å²) in [6.07, 6.45) is 1.63. The molecule has 0 heterocycles. The van der Waals surface area contributed by atoms with Crippen molar-refractivity contribution in [2.24, 2.45) is 0 Å². The quantitative estimate of drug-likeness (QED) is 0.770. The zero-order chi connectivity index (χ0) is 18.1. The zero-order valence-corrected chi connectivity index (χ0v) is 15.3. The second-order valence-corrected chi connectivity index (χ2v) is 9.55. The third-order valence-corrected chi connectivity index (χ3v) is 7.01. The number of hydrogen-bond donors (Lipinski definition) is 2. The summed E-state index contributed by atoms with van der Waals surface area (Å²) in [5.41, 5.74) is 0.824. The van der Waals surface area contributed by atoms with Crippen molar-refractivity contribution in [1.82, 2.24) is 9.44 Å². The van der Waals surface area contributed by atoms with Crippen LogP contribution in [0.15, 0.2) is 64.4 Å². The summed E-state index contributed by atoms with van der Waals surface area (Å²) < 4.78 is 54.9. The smallest absolute Gasteiger partial charge is 0.208 e. The fourth-order valence-electron chi connectivity index (χ4n) is 2.41. The van der Waals surface area contributed by atoms with E-state index in [4.69, 9.17) is 0 Å². The second kappa shape index (κ2) is 6.87. The molecule has 2 N–H and O–H groups in total. The van der Waals surface area contributed by atoms with Crippen molar-refractivity contribution in [2.75, 3.05) is 0 Å². The summed E-state index contributed by atoms with van der Waals surface area (Å²) in [6.45, 7) is 1.74. The van der Waals surface area contributed by atoms with Gasteiger partial charge in [-0.2, -0.15) is 0 Å². The van der Waals surface area contributed by atoms with Crippen LogP contribution in [0.2, 0.25) is 0 Å². The summed E-state index contributed by atoms with van der Waals surface area (Å²) >= 11 is 0. The van der Waals surface area contributed by atoms with Crippen LogP contribution in [0.1, 0.15) is 31.4 Å². The van der Waals surface area contributed by atoms with Gasteiger partial charge in [-0.05, 0) is 43.5 Å². The summed E-state index contributed by atoms with van der Waals surface area (Å²) in [7, 11) is -7.55. The van der Waals surface area contributed by atoms with E-state index in [2.05, 4.69) is 9.44 Å². The van der Waals surface area contributed by atoms with E-state index in [1.54, 1.807) is 6.92 Å². The molecule has 1 atom stereocenters. The maximum absolute atomic E-state index is 12.6. The Morgan fingerprint density at radius 3 is 2.08 bits per heavy atom. The average Bonchev–Trinajstić information content (AvgIpc) is 3.39. The topological polar surface area (TPSA) is 92.3 Å². The predicted octanol–water partition coefficient (Wildman–Crippen LogP) is 2.17. The maximum Gasteiger partial charge on any atom is 0.241 e. The summed E-state index contributed by atoms with van der Waals surface area (Å²) in [5.74, 6) is 0. The molecule has 3 rings (SSSR count). The highest BCUT2D eigenvalue weighted by molar-refractivity contribution is 7.90. The Kier molecular flexibility index (Phi) is 4.97. The van der Waals surface area contributed by atoms with E-state index in [1.807, 2.05) is 30.3 Å². The van der Waals surface area contributed by atoms with Gasteiger partial charge in [0.05, 0.1) is 9.79 Å². The first-order valence-corrected chi connectivity index (χ1v) is 10.9. The molecule has 6 nitrogen and oxygen atoms in total. The average molecular weight is 380 g/mol. The Balaban J connectivity index is 1.84. The SMILES string of the molecule is CC(NS(=O)(=O)c1cccc(S(=O)(=O)NC2CC2)c1)c1ccccc1. The van der Waals surface area contributed by atoms with Crippen molar-refractivity contribution >= 4 is 20.0 Å². The fourth-order valence-corrected chi connectivity index (χ4v) is 5.11. The molecule has 0 spiro atoms. The first-order chi connectivity index (χ1) is 11.8. The molecule has 2 aromatic carbocycles. The van der Waals surface area contributed by atoms with Crippen molar-refractivity contribution in [3.8, 4) is 0 Å². The van der Waals surface area contributed by atoms with Gasteiger partial charge in [-0.25, -0.2) is 26.3 Å². The summed E-state index contributed by atoms with van der Waals surface area (Å²) in [6, 6.07) is 14.1. The van der Waals surface area contributed by atoms with E-state index in [0.717, 1.165) is 18.4 Å². The van der Waals surface area contributed by atoms with Gasteiger partial charge in [0, 0.05) is 12.1 Å². The van der Waals surface area contributed by atoms with Crippen molar-refractivity contribution in [3.05, 3.63) is 60.2 Å². The lowest BCUT2D eigenvalue weighted by molar-refractivity contribution is 0.566. The molecule has 1 aliphatic rings. The minimum Gasteiger partial charge on any atom is -0.208 e. The van der Waals surface area contributed by atoms with Crippen molar-refractivity contribution in [2.45, 2.75) is 41.6 Å². The highest BCUT2D eigenvalue weighted by Crippen LogP contribution is 2.24. The van der Waals surface area contributed by atoms with Crippen molar-refractivity contribution in [1.29, 1.82) is 0 Å². The Morgan fingerprint density at radius 2 is 1.48 bits per heavy atom. The van der Waals surface area contributed by atoms with Crippen LogP contribution in [0.5, 0.6) is 0 Å². The number of nitrogens with one attached hydrogen (secondary N) is 2. The molecule has 1 fully saturated rings. The van der Waals surface area contributed by atoms with Crippen molar-refractivity contribution in [3.63, 3.8) is 0 Å². The third-order valence-electron chi connectivity index (χ3n) is 3.96. The molecular weight excluding hydrogens is 360 g/mol. The van der Waals surface area contributed by atoms with E-state index in [0.29, 0.717) is 0 Å². The van der Waals surface area contributed by atoms with E-state index >= 15 is 0 Å². The first-order valence-electron chi connectivity index (χ1n) is 7.98. The van der Waals surface area contributed by atoms with Crippen LogP contribution in [0.25, 0.3) is 0 Å². The molecule has 1 unspecified atom stereocenters. The molecule has 0 bridgehead atoms. The molecule has 0 radical (unpaired) electrons. The molecule has 0 saturated heterocycles. The minimum absolute atomic E-state index is 0.0403. The lowest BCUT2D eigenvalue weighted by atomic mass is 10.1. The zero-order valence-electron chi connectivity index (χ0n) is 13.7. The second-order valence-electron chi connectivity index (χ2n) is 6.12. The van der Waals surface area contributed by atoms with Gasteiger partial charge < -0.3 is 0 Å². The van der Waals surface area contributed by atoms with E-state index in [-0.39, 0.29) is 15.8 Å². The maximum atomic E-state index is 12.6. The van der Waals surface area contributed by atoms with Gasteiger partial charge in [0.2, 0.25) is 20.0 Å². The molecule has 1 saturated carbocycles. The van der Waals surface area contributed by atoms with Gasteiger partial charge in [-0.3, -0.25) is 0 Å². The van der Waals surface area contributed by atoms with Gasteiger partial charge in [-0.15, -0.1) is 0 Å². The van der Waals surface area contributed by atoms with E-state index < -0.39 is 26.1 Å². The Labute approximate surface area is 148 Å². The standard InChI is InChI=1S/C17H20N2O4S2/c1-13(14-6-3-2-4-7-14)18-24(20,21)16-8-5-9-17(12-16)25(22,23)19-15-10-11-15/h2-9,12-13,15,18-19H,10-11H2,1H3. The number of sulfonamides is 2. The lowest BCUT2D eigenvalue weighted by Gasteiger charge is -2.15. The fraction of sp³-hybridized carbons (Fsp3) is 0.294. The van der Waals surface area contributed by atoms with Crippen LogP contribution in [0, 0.1) is 0 Å². The largest absolute Gasteiger partial charge is 0.241 e. The summed E-state index contributed by atoms with van der Waals surface area (Å²) in [4.78, 5) is -0.122. The monoisotopic (exact) mass is 380 g/mol. The van der Waals surface area contributed by atoms with E-state index in [1.165, 1.54) is 24.3 Å². The van der Waals surface area contributed by atoms with Crippen LogP contribution in [0.4, 0.5) is 0 Å². The number of rotatable bonds is 7. The molecule has 0 amide bonds. The predicted molar refractivity (Wildman–Crippen MR) is 95.0 cm³/mol. The molecule has 1 aliphatic carbocycles.